The predicted octanol–water partition coefficient (Wildman–Crippen LogP) is 5.09. The van der Waals surface area contributed by atoms with Gasteiger partial charge in [0.05, 0.1) is 30.1 Å². The Morgan fingerprint density at radius 1 is 0.977 bits per heavy atom. The van der Waals surface area contributed by atoms with E-state index >= 15 is 0 Å². The minimum atomic E-state index is -0.671. The van der Waals surface area contributed by atoms with Gasteiger partial charge >= 0.3 is 0 Å². The summed E-state index contributed by atoms with van der Waals surface area (Å²) in [5.74, 6) is 0.426. The van der Waals surface area contributed by atoms with Crippen LogP contribution in [0, 0.1) is 5.92 Å². The van der Waals surface area contributed by atoms with Crippen LogP contribution in [0.15, 0.2) is 102 Å². The number of amides is 1. The number of rotatable bonds is 9. The number of pyridine rings is 1. The first kappa shape index (κ1) is 29.5. The highest BCUT2D eigenvalue weighted by Gasteiger charge is 2.38. The van der Waals surface area contributed by atoms with Crippen molar-refractivity contribution in [1.29, 1.82) is 0 Å². The van der Waals surface area contributed by atoms with Crippen molar-refractivity contribution in [3.8, 4) is 11.4 Å². The minimum Gasteiger partial charge on any atom is -0.508 e. The molecule has 1 fully saturated rings. The first-order valence-electron chi connectivity index (χ1n) is 14.0. The van der Waals surface area contributed by atoms with E-state index in [1.54, 1.807) is 47.3 Å². The van der Waals surface area contributed by atoms with E-state index in [-0.39, 0.29) is 36.4 Å². The number of phenols is 1. The number of phenolic OH excluding ortho intramolecular Hbond substituents is 1. The first-order valence-corrected chi connectivity index (χ1v) is 15.0. The van der Waals surface area contributed by atoms with Crippen LogP contribution in [0.2, 0.25) is 0 Å². The van der Waals surface area contributed by atoms with Crippen LogP contribution in [0.4, 0.5) is 5.69 Å². The van der Waals surface area contributed by atoms with E-state index < -0.39 is 6.29 Å². The highest BCUT2D eigenvalue weighted by Crippen LogP contribution is 2.43. The van der Waals surface area contributed by atoms with Gasteiger partial charge in [0.25, 0.3) is 5.91 Å². The van der Waals surface area contributed by atoms with E-state index in [1.807, 2.05) is 48.5 Å². The van der Waals surface area contributed by atoms with Crippen molar-refractivity contribution in [2.45, 2.75) is 37.2 Å². The molecule has 0 radical (unpaired) electrons. The normalized spacial score (nSPS) is 19.9. The molecule has 4 atom stereocenters. The topological polar surface area (TPSA) is 145 Å². The molecule has 0 aliphatic carbocycles. The Hall–Kier alpha value is -4.62. The number of carbonyl (C=O) groups excluding carboxylic acids is 1. The van der Waals surface area contributed by atoms with Crippen LogP contribution in [-0.4, -0.2) is 53.2 Å². The Morgan fingerprint density at radius 3 is 2.43 bits per heavy atom. The molecule has 2 aromatic heterocycles. The maximum Gasteiger partial charge on any atom is 0.257 e. The zero-order chi connectivity index (χ0) is 30.5. The summed E-state index contributed by atoms with van der Waals surface area (Å²) in [6, 6.07) is 25.2. The molecule has 44 heavy (non-hydrogen) atoms. The summed E-state index contributed by atoms with van der Waals surface area (Å²) in [5.41, 5.74) is 4.44. The van der Waals surface area contributed by atoms with Gasteiger partial charge in [-0.1, -0.05) is 55.1 Å². The number of aliphatic hydroxyl groups excluding tert-OH is 1. The number of hydrogen-bond acceptors (Lipinski definition) is 10. The molecule has 12 heteroatoms. The average molecular weight is 611 g/mol. The molecule has 4 unspecified atom stereocenters. The fourth-order valence-corrected chi connectivity index (χ4v) is 5.97. The molecule has 3 aromatic carbocycles. The van der Waals surface area contributed by atoms with Gasteiger partial charge in [-0.05, 0) is 70.1 Å². The quantitative estimate of drug-likeness (QED) is 0.193. The SMILES string of the molecule is CC1C(CSc2nnnn2-c2ccc(O)cc2)OC(c2ccc(NC(=O)c3cccnc3)cc2)OC1c1ccc(CO)cc1. The van der Waals surface area contributed by atoms with Crippen molar-refractivity contribution >= 4 is 23.4 Å². The van der Waals surface area contributed by atoms with Crippen molar-refractivity contribution in [1.82, 2.24) is 25.2 Å². The van der Waals surface area contributed by atoms with Gasteiger partial charge in [0, 0.05) is 35.3 Å². The molecule has 5 aromatic rings. The van der Waals surface area contributed by atoms with Gasteiger partial charge in [0.1, 0.15) is 5.75 Å². The number of aromatic hydroxyl groups is 1. The molecule has 3 N–H and O–H groups in total. The van der Waals surface area contributed by atoms with E-state index in [4.69, 9.17) is 9.47 Å². The summed E-state index contributed by atoms with van der Waals surface area (Å²) < 4.78 is 14.7. The summed E-state index contributed by atoms with van der Waals surface area (Å²) in [7, 11) is 0. The first-order chi connectivity index (χ1) is 21.5. The number of carbonyl (C=O) groups is 1. The van der Waals surface area contributed by atoms with E-state index in [0.29, 0.717) is 22.2 Å². The molecule has 1 saturated heterocycles. The molecule has 6 rings (SSSR count). The van der Waals surface area contributed by atoms with Crippen LogP contribution in [0.25, 0.3) is 5.69 Å². The van der Waals surface area contributed by atoms with Crippen molar-refractivity contribution in [3.05, 3.63) is 120 Å². The van der Waals surface area contributed by atoms with Gasteiger partial charge in [-0.2, -0.15) is 4.68 Å². The molecule has 0 spiro atoms. The van der Waals surface area contributed by atoms with Crippen LogP contribution in [0.1, 0.15) is 46.4 Å². The Bertz CT molecular complexity index is 1680. The Morgan fingerprint density at radius 2 is 1.73 bits per heavy atom. The molecule has 0 saturated carbocycles. The largest absolute Gasteiger partial charge is 0.508 e. The van der Waals surface area contributed by atoms with Crippen molar-refractivity contribution in [2.75, 3.05) is 11.1 Å². The molecule has 3 heterocycles. The lowest BCUT2D eigenvalue weighted by atomic mass is 9.91. The standard InChI is InChI=1S/C32H30N6O5S/c1-20-28(19-44-32-35-36-37-38(32)26-12-14-27(40)15-13-26)42-31(43-29(20)22-6-4-21(18-39)5-7-22)23-8-10-25(11-9-23)34-30(41)24-3-2-16-33-17-24/h2-17,20,28-29,31,39-40H,18-19H2,1H3,(H,34,41). The zero-order valence-electron chi connectivity index (χ0n) is 23.7. The van der Waals surface area contributed by atoms with Crippen molar-refractivity contribution in [3.63, 3.8) is 0 Å². The maximum absolute atomic E-state index is 12.6. The number of ether oxygens (including phenoxy) is 2. The second-order valence-electron chi connectivity index (χ2n) is 10.3. The number of aliphatic hydroxyl groups is 1. The van der Waals surface area contributed by atoms with Crippen molar-refractivity contribution < 1.29 is 24.5 Å². The molecule has 11 nitrogen and oxygen atoms in total. The monoisotopic (exact) mass is 610 g/mol. The molecule has 0 bridgehead atoms. The Labute approximate surface area is 257 Å². The van der Waals surface area contributed by atoms with Crippen LogP contribution in [0.3, 0.4) is 0 Å². The lowest BCUT2D eigenvalue weighted by Crippen LogP contribution is -2.38. The fourth-order valence-electron chi connectivity index (χ4n) is 4.92. The number of anilines is 1. The van der Waals surface area contributed by atoms with E-state index in [1.165, 1.54) is 18.0 Å². The highest BCUT2D eigenvalue weighted by molar-refractivity contribution is 7.99. The van der Waals surface area contributed by atoms with Gasteiger partial charge in [-0.3, -0.25) is 9.78 Å². The highest BCUT2D eigenvalue weighted by atomic mass is 32.2. The predicted molar refractivity (Wildman–Crippen MR) is 163 cm³/mol. The number of thioether (sulfide) groups is 1. The van der Waals surface area contributed by atoms with Gasteiger partial charge in [-0.25, -0.2) is 0 Å². The molecule has 1 aliphatic heterocycles. The maximum atomic E-state index is 12.6. The molecular formula is C32H30N6O5S. The van der Waals surface area contributed by atoms with E-state index in [2.05, 4.69) is 32.7 Å². The number of benzene rings is 3. The fraction of sp³-hybridized carbons (Fsp3) is 0.219. The third-order valence-corrected chi connectivity index (χ3v) is 8.41. The van der Waals surface area contributed by atoms with Crippen LogP contribution < -0.4 is 5.32 Å². The van der Waals surface area contributed by atoms with Gasteiger partial charge < -0.3 is 25.0 Å². The molecule has 1 aliphatic rings. The van der Waals surface area contributed by atoms with Crippen LogP contribution in [0.5, 0.6) is 5.75 Å². The Balaban J connectivity index is 1.21. The van der Waals surface area contributed by atoms with Gasteiger partial charge in [0.15, 0.2) is 6.29 Å². The third kappa shape index (κ3) is 6.63. The summed E-state index contributed by atoms with van der Waals surface area (Å²) in [6.45, 7) is 2.05. The molecule has 224 valence electrons. The number of nitrogens with one attached hydrogen (secondary N) is 1. The van der Waals surface area contributed by atoms with Gasteiger partial charge in [0.2, 0.25) is 5.16 Å². The second kappa shape index (κ2) is 13.3. The van der Waals surface area contributed by atoms with E-state index in [9.17, 15) is 15.0 Å². The summed E-state index contributed by atoms with van der Waals surface area (Å²) in [5, 5.41) is 34.9. The van der Waals surface area contributed by atoms with Crippen LogP contribution in [-0.2, 0) is 16.1 Å². The number of hydrogen-bond donors (Lipinski definition) is 3. The average Bonchev–Trinajstić information content (AvgIpc) is 3.54. The number of tetrazole rings is 1. The minimum absolute atomic E-state index is 0.0326. The van der Waals surface area contributed by atoms with Crippen LogP contribution >= 0.6 is 11.8 Å². The van der Waals surface area contributed by atoms with E-state index in [0.717, 1.165) is 22.4 Å². The number of aromatic nitrogens is 5. The lowest BCUT2D eigenvalue weighted by Gasteiger charge is -2.41. The summed E-state index contributed by atoms with van der Waals surface area (Å²) in [6.07, 6.45) is 1.94. The lowest BCUT2D eigenvalue weighted by molar-refractivity contribution is -0.268. The Kier molecular flexibility index (Phi) is 8.94. The van der Waals surface area contributed by atoms with Gasteiger partial charge in [-0.15, -0.1) is 5.10 Å². The summed E-state index contributed by atoms with van der Waals surface area (Å²) >= 11 is 1.47. The van der Waals surface area contributed by atoms with Crippen molar-refractivity contribution in [2.24, 2.45) is 5.92 Å². The third-order valence-electron chi connectivity index (χ3n) is 7.40. The zero-order valence-corrected chi connectivity index (χ0v) is 24.5. The molecule has 1 amide bonds. The second-order valence-corrected chi connectivity index (χ2v) is 11.3. The smallest absolute Gasteiger partial charge is 0.257 e. The molecular weight excluding hydrogens is 580 g/mol. The summed E-state index contributed by atoms with van der Waals surface area (Å²) in [4.78, 5) is 16.6. The number of nitrogens with zero attached hydrogens (tertiary/aromatic N) is 5.